The summed E-state index contributed by atoms with van der Waals surface area (Å²) in [7, 11) is 0. The van der Waals surface area contributed by atoms with Crippen LogP contribution in [-0.4, -0.2) is 14.5 Å². The van der Waals surface area contributed by atoms with Crippen LogP contribution < -0.4 is 0 Å². The summed E-state index contributed by atoms with van der Waals surface area (Å²) in [4.78, 5) is 10.4. The van der Waals surface area contributed by atoms with E-state index in [1.807, 2.05) is 24.3 Å². The second-order valence-corrected chi connectivity index (χ2v) is 13.9. The number of aromatic nitrogens is 3. The Hall–Kier alpha value is -6.56. The lowest BCUT2D eigenvalue weighted by Gasteiger charge is -2.07. The second-order valence-electron chi connectivity index (χ2n) is 12.9. The lowest BCUT2D eigenvalue weighted by molar-refractivity contribution is 0.674. The van der Waals surface area contributed by atoms with Gasteiger partial charge < -0.3 is 8.98 Å². The minimum absolute atomic E-state index is 0.727. The first-order chi connectivity index (χ1) is 25.3. The molecule has 0 fully saturated rings. The van der Waals surface area contributed by atoms with Crippen LogP contribution in [0.3, 0.4) is 0 Å². The highest BCUT2D eigenvalue weighted by Crippen LogP contribution is 2.47. The molecule has 5 heteroatoms. The van der Waals surface area contributed by atoms with Crippen LogP contribution in [0.5, 0.6) is 0 Å². The van der Waals surface area contributed by atoms with Gasteiger partial charge in [-0.1, -0.05) is 133 Å². The van der Waals surface area contributed by atoms with Gasteiger partial charge in [0.1, 0.15) is 11.2 Å². The van der Waals surface area contributed by atoms with Gasteiger partial charge in [0, 0.05) is 54.2 Å². The lowest BCUT2D eigenvalue weighted by Crippen LogP contribution is -1.93. The van der Waals surface area contributed by atoms with Gasteiger partial charge in [0.05, 0.1) is 32.3 Å². The Kier molecular flexibility index (Phi) is 6.09. The molecule has 0 atom stereocenters. The van der Waals surface area contributed by atoms with Crippen molar-refractivity contribution in [3.05, 3.63) is 164 Å². The van der Waals surface area contributed by atoms with Crippen LogP contribution in [-0.2, 0) is 0 Å². The molecule has 238 valence electrons. The molecule has 0 spiro atoms. The Morgan fingerprint density at radius 1 is 0.451 bits per heavy atom. The molecular weight excluding hydrogens is 643 g/mol. The van der Waals surface area contributed by atoms with Gasteiger partial charge in [-0.2, -0.15) is 0 Å². The van der Waals surface area contributed by atoms with Crippen LogP contribution in [0.25, 0.3) is 104 Å². The van der Waals surface area contributed by atoms with Crippen molar-refractivity contribution >= 4 is 75.4 Å². The summed E-state index contributed by atoms with van der Waals surface area (Å²) in [6, 6.07) is 57.4. The first kappa shape index (κ1) is 28.3. The number of hydrogen-bond donors (Lipinski definition) is 0. The average Bonchev–Trinajstić information content (AvgIpc) is 3.88. The second kappa shape index (κ2) is 11.0. The van der Waals surface area contributed by atoms with E-state index in [0.717, 1.165) is 93.4 Å². The maximum Gasteiger partial charge on any atom is 0.160 e. The molecule has 7 aromatic carbocycles. The van der Waals surface area contributed by atoms with Crippen molar-refractivity contribution in [2.75, 3.05) is 0 Å². The molecule has 0 aliphatic rings. The third-order valence-corrected chi connectivity index (χ3v) is 11.3. The molecule has 0 bridgehead atoms. The van der Waals surface area contributed by atoms with Gasteiger partial charge in [-0.15, -0.1) is 11.3 Å². The maximum absolute atomic E-state index is 7.06. The summed E-state index contributed by atoms with van der Waals surface area (Å²) in [6.07, 6.45) is 0. The van der Waals surface area contributed by atoms with Crippen molar-refractivity contribution in [3.63, 3.8) is 0 Å². The Balaban J connectivity index is 1.19. The summed E-state index contributed by atoms with van der Waals surface area (Å²) < 4.78 is 11.7. The van der Waals surface area contributed by atoms with Crippen molar-refractivity contribution in [1.29, 1.82) is 0 Å². The Labute approximate surface area is 296 Å². The molecule has 0 aliphatic heterocycles. The molecule has 0 aliphatic carbocycles. The summed E-state index contributed by atoms with van der Waals surface area (Å²) >= 11 is 1.76. The third-order valence-electron chi connectivity index (χ3n) is 10.0. The fourth-order valence-electron chi connectivity index (χ4n) is 7.76. The van der Waals surface area contributed by atoms with Crippen molar-refractivity contribution in [2.45, 2.75) is 0 Å². The SMILES string of the molecule is c1ccc(-c2nc(-c3ccccc3)c3sc4c(-c5cccc6c5oc5c6ccc6c5c5ccccc5n6-c5ccccc5)cccc4c3n2)cc1. The number of thiophene rings is 1. The van der Waals surface area contributed by atoms with Crippen LogP contribution in [0, 0.1) is 0 Å². The highest BCUT2D eigenvalue weighted by molar-refractivity contribution is 7.26. The molecule has 0 N–H and O–H groups in total. The minimum Gasteiger partial charge on any atom is -0.455 e. The maximum atomic E-state index is 7.06. The van der Waals surface area contributed by atoms with E-state index in [2.05, 4.69) is 144 Å². The van der Waals surface area contributed by atoms with Gasteiger partial charge in [-0.3, -0.25) is 0 Å². The van der Waals surface area contributed by atoms with Gasteiger partial charge in [0.25, 0.3) is 0 Å². The van der Waals surface area contributed by atoms with Gasteiger partial charge in [0.15, 0.2) is 5.82 Å². The summed E-state index contributed by atoms with van der Waals surface area (Å²) in [5.41, 5.74) is 11.4. The van der Waals surface area contributed by atoms with E-state index in [4.69, 9.17) is 14.4 Å². The van der Waals surface area contributed by atoms with Crippen LogP contribution in [0.1, 0.15) is 0 Å². The first-order valence-electron chi connectivity index (χ1n) is 17.1. The zero-order valence-corrected chi connectivity index (χ0v) is 28.1. The number of nitrogens with zero attached hydrogens (tertiary/aromatic N) is 3. The van der Waals surface area contributed by atoms with Gasteiger partial charge in [0.2, 0.25) is 0 Å². The molecule has 0 saturated heterocycles. The van der Waals surface area contributed by atoms with Crippen LogP contribution in [0.2, 0.25) is 0 Å². The third kappa shape index (κ3) is 4.19. The number of furan rings is 1. The summed E-state index contributed by atoms with van der Waals surface area (Å²) in [6.45, 7) is 0. The first-order valence-corrected chi connectivity index (χ1v) is 17.9. The normalized spacial score (nSPS) is 11.9. The topological polar surface area (TPSA) is 43.9 Å². The average molecular weight is 670 g/mol. The van der Waals surface area contributed by atoms with Crippen LogP contribution >= 0.6 is 11.3 Å². The number of rotatable bonds is 4. The predicted molar refractivity (Wildman–Crippen MR) is 213 cm³/mol. The minimum atomic E-state index is 0.727. The van der Waals surface area contributed by atoms with E-state index < -0.39 is 0 Å². The molecule has 0 saturated carbocycles. The Morgan fingerprint density at radius 2 is 1.10 bits per heavy atom. The molecule has 0 radical (unpaired) electrons. The quantitative estimate of drug-likeness (QED) is 0.187. The zero-order valence-electron chi connectivity index (χ0n) is 27.2. The molecule has 0 unspecified atom stereocenters. The fraction of sp³-hybridized carbons (Fsp3) is 0. The monoisotopic (exact) mass is 669 g/mol. The molecule has 4 nitrogen and oxygen atoms in total. The summed E-state index contributed by atoms with van der Waals surface area (Å²) in [5, 5.41) is 5.64. The van der Waals surface area contributed by atoms with Crippen molar-refractivity contribution in [1.82, 2.24) is 14.5 Å². The highest BCUT2D eigenvalue weighted by Gasteiger charge is 2.22. The fourth-order valence-corrected chi connectivity index (χ4v) is 9.04. The Morgan fingerprint density at radius 3 is 1.90 bits per heavy atom. The van der Waals surface area contributed by atoms with Gasteiger partial charge >= 0.3 is 0 Å². The zero-order chi connectivity index (χ0) is 33.5. The predicted octanol–water partition coefficient (Wildman–Crippen LogP) is 12.8. The Bertz CT molecular complexity index is 3120. The molecular formula is C46H27N3OS. The standard InChI is InChI=1S/C46H27N3OS/c1-4-14-28(15-5-1)40-45-41(48-46(47-40)29-16-6-2-7-17-29)36-24-13-23-34(44(36)51-45)32-22-12-21-31-33-26-27-38-39(43(33)50-42(31)32)35-20-10-11-25-37(35)49(38)30-18-8-3-9-19-30/h1-27H. The van der Waals surface area contributed by atoms with Crippen molar-refractivity contribution in [3.8, 4) is 39.5 Å². The van der Waals surface area contributed by atoms with E-state index in [1.165, 1.54) is 10.1 Å². The van der Waals surface area contributed by atoms with E-state index in [9.17, 15) is 0 Å². The largest absolute Gasteiger partial charge is 0.455 e. The summed E-state index contributed by atoms with van der Waals surface area (Å²) in [5.74, 6) is 0.727. The van der Waals surface area contributed by atoms with Crippen LogP contribution in [0.15, 0.2) is 168 Å². The van der Waals surface area contributed by atoms with Crippen molar-refractivity contribution in [2.24, 2.45) is 0 Å². The number of hydrogen-bond acceptors (Lipinski definition) is 4. The lowest BCUT2D eigenvalue weighted by atomic mass is 10.0. The molecule has 4 aromatic heterocycles. The molecule has 11 aromatic rings. The number of para-hydroxylation sites is 3. The molecule has 4 heterocycles. The van der Waals surface area contributed by atoms with E-state index >= 15 is 0 Å². The van der Waals surface area contributed by atoms with E-state index in [-0.39, 0.29) is 0 Å². The highest BCUT2D eigenvalue weighted by atomic mass is 32.1. The van der Waals surface area contributed by atoms with Crippen molar-refractivity contribution < 1.29 is 4.42 Å². The van der Waals surface area contributed by atoms with Gasteiger partial charge in [-0.05, 0) is 30.3 Å². The van der Waals surface area contributed by atoms with E-state index in [0.29, 0.717) is 0 Å². The van der Waals surface area contributed by atoms with Crippen LogP contribution in [0.4, 0.5) is 0 Å². The molecule has 11 rings (SSSR count). The van der Waals surface area contributed by atoms with E-state index in [1.54, 1.807) is 11.3 Å². The van der Waals surface area contributed by atoms with Gasteiger partial charge in [-0.25, -0.2) is 9.97 Å². The molecule has 51 heavy (non-hydrogen) atoms. The molecule has 0 amide bonds. The number of benzene rings is 7. The number of fused-ring (bicyclic) bond motifs is 10. The smallest absolute Gasteiger partial charge is 0.160 e.